The molecule has 1 aromatic rings. The van der Waals surface area contributed by atoms with Crippen LogP contribution in [0.2, 0.25) is 0 Å². The van der Waals surface area contributed by atoms with Crippen LogP contribution >= 0.6 is 0 Å². The Morgan fingerprint density at radius 3 is 2.55 bits per heavy atom. The maximum atomic E-state index is 11.9. The zero-order chi connectivity index (χ0) is 14.5. The van der Waals surface area contributed by atoms with Crippen LogP contribution in [0.4, 0.5) is 0 Å². The monoisotopic (exact) mass is 273 g/mol. The van der Waals surface area contributed by atoms with Crippen LogP contribution in [0.1, 0.15) is 43.7 Å². The summed E-state index contributed by atoms with van der Waals surface area (Å²) in [6.45, 7) is 4.75. The van der Waals surface area contributed by atoms with Crippen molar-refractivity contribution >= 4 is 17.5 Å². The summed E-state index contributed by atoms with van der Waals surface area (Å²) in [6, 6.07) is 8.18. The first-order chi connectivity index (χ1) is 9.56. The van der Waals surface area contributed by atoms with Crippen molar-refractivity contribution in [2.75, 3.05) is 0 Å². The third kappa shape index (κ3) is 3.66. The van der Waals surface area contributed by atoms with Crippen molar-refractivity contribution < 1.29 is 9.59 Å². The Bertz CT molecular complexity index is 533. The smallest absolute Gasteiger partial charge is 0.267 e. The van der Waals surface area contributed by atoms with Gasteiger partial charge in [0, 0.05) is 19.4 Å². The van der Waals surface area contributed by atoms with Crippen molar-refractivity contribution in [2.45, 2.75) is 39.2 Å². The average molecular weight is 273 g/mol. The first-order valence-electron chi connectivity index (χ1n) is 6.78. The van der Waals surface area contributed by atoms with E-state index in [9.17, 15) is 9.59 Å². The molecule has 5 heteroatoms. The molecule has 0 saturated heterocycles. The van der Waals surface area contributed by atoms with Crippen LogP contribution < -0.4 is 10.7 Å². The van der Waals surface area contributed by atoms with E-state index in [1.165, 1.54) is 5.56 Å². The molecule has 1 aliphatic heterocycles. The van der Waals surface area contributed by atoms with E-state index in [0.717, 1.165) is 5.56 Å². The molecule has 2 N–H and O–H groups in total. The van der Waals surface area contributed by atoms with E-state index in [-0.39, 0.29) is 11.8 Å². The molecule has 0 aliphatic carbocycles. The minimum absolute atomic E-state index is 0.147. The summed E-state index contributed by atoms with van der Waals surface area (Å²) < 4.78 is 0. The van der Waals surface area contributed by atoms with E-state index in [1.54, 1.807) is 0 Å². The summed E-state index contributed by atoms with van der Waals surface area (Å²) in [5, 5.41) is 6.58. The minimum atomic E-state index is -0.224. The topological polar surface area (TPSA) is 70.6 Å². The molecule has 0 aromatic heterocycles. The molecule has 0 bridgehead atoms. The predicted molar refractivity (Wildman–Crippen MR) is 77.2 cm³/mol. The van der Waals surface area contributed by atoms with Crippen molar-refractivity contribution in [1.82, 2.24) is 10.7 Å². The summed E-state index contributed by atoms with van der Waals surface area (Å²) in [6.07, 6.45) is 0.708. The summed E-state index contributed by atoms with van der Waals surface area (Å²) >= 11 is 0. The molecular weight excluding hydrogens is 254 g/mol. The third-order valence-corrected chi connectivity index (χ3v) is 3.27. The molecule has 0 spiro atoms. The lowest BCUT2D eigenvalue weighted by molar-refractivity contribution is -0.121. The Balaban J connectivity index is 1.88. The second kappa shape index (κ2) is 6.32. The highest BCUT2D eigenvalue weighted by Crippen LogP contribution is 2.14. The van der Waals surface area contributed by atoms with Gasteiger partial charge in [0.2, 0.25) is 5.91 Å². The minimum Gasteiger partial charge on any atom is -0.347 e. The van der Waals surface area contributed by atoms with Crippen LogP contribution in [0, 0.1) is 0 Å². The van der Waals surface area contributed by atoms with Gasteiger partial charge in [-0.2, -0.15) is 5.10 Å². The van der Waals surface area contributed by atoms with Gasteiger partial charge < -0.3 is 5.32 Å². The summed E-state index contributed by atoms with van der Waals surface area (Å²) in [5.74, 6) is 0.127. The van der Waals surface area contributed by atoms with Crippen molar-refractivity contribution in [1.29, 1.82) is 0 Å². The van der Waals surface area contributed by atoms with E-state index in [4.69, 9.17) is 0 Å². The van der Waals surface area contributed by atoms with Gasteiger partial charge in [0.05, 0.1) is 0 Å². The molecule has 1 aromatic carbocycles. The fraction of sp³-hybridized carbons (Fsp3) is 0.400. The Hall–Kier alpha value is -2.17. The van der Waals surface area contributed by atoms with Crippen LogP contribution in [0.5, 0.6) is 0 Å². The van der Waals surface area contributed by atoms with E-state index < -0.39 is 0 Å². The Morgan fingerprint density at radius 1 is 1.30 bits per heavy atom. The van der Waals surface area contributed by atoms with Crippen LogP contribution in [0.15, 0.2) is 29.4 Å². The van der Waals surface area contributed by atoms with E-state index in [0.29, 0.717) is 31.0 Å². The van der Waals surface area contributed by atoms with Gasteiger partial charge in [0.15, 0.2) is 0 Å². The van der Waals surface area contributed by atoms with Crippen LogP contribution in [0.25, 0.3) is 0 Å². The Morgan fingerprint density at radius 2 is 2.00 bits per heavy atom. The maximum absolute atomic E-state index is 11.9. The molecule has 5 nitrogen and oxygen atoms in total. The molecule has 0 radical (unpaired) electrons. The molecule has 0 fully saturated rings. The quantitative estimate of drug-likeness (QED) is 0.876. The highest BCUT2D eigenvalue weighted by Gasteiger charge is 2.17. The number of hydrogen-bond acceptors (Lipinski definition) is 3. The average Bonchev–Trinajstić information content (AvgIpc) is 2.46. The first-order valence-corrected chi connectivity index (χ1v) is 6.78. The first kappa shape index (κ1) is 14.2. The molecular formula is C15H19N3O2. The molecule has 106 valence electrons. The molecule has 1 heterocycles. The molecule has 2 rings (SSSR count). The zero-order valence-electron chi connectivity index (χ0n) is 11.8. The van der Waals surface area contributed by atoms with Gasteiger partial charge in [-0.15, -0.1) is 0 Å². The number of nitrogens with zero attached hydrogens (tertiary/aromatic N) is 1. The summed E-state index contributed by atoms with van der Waals surface area (Å²) in [7, 11) is 0. The van der Waals surface area contributed by atoms with Gasteiger partial charge in [0.1, 0.15) is 5.71 Å². The summed E-state index contributed by atoms with van der Waals surface area (Å²) in [4.78, 5) is 22.8. The Labute approximate surface area is 118 Å². The zero-order valence-corrected chi connectivity index (χ0v) is 11.8. The number of benzene rings is 1. The van der Waals surface area contributed by atoms with Crippen LogP contribution in [-0.4, -0.2) is 17.5 Å². The van der Waals surface area contributed by atoms with Crippen LogP contribution in [0.3, 0.4) is 0 Å². The summed E-state index contributed by atoms with van der Waals surface area (Å²) in [5.41, 5.74) is 5.02. The van der Waals surface area contributed by atoms with Crippen molar-refractivity contribution in [3.63, 3.8) is 0 Å². The van der Waals surface area contributed by atoms with Gasteiger partial charge in [-0.1, -0.05) is 38.1 Å². The number of carbonyl (C=O) groups excluding carboxylic acids is 2. The SMILES string of the molecule is CC(C)c1ccc(CNC(=O)C2=NNC(=O)CC2)cc1. The van der Waals surface area contributed by atoms with Gasteiger partial charge in [-0.05, 0) is 17.0 Å². The van der Waals surface area contributed by atoms with Gasteiger partial charge in [-0.25, -0.2) is 5.43 Å². The lowest BCUT2D eigenvalue weighted by Crippen LogP contribution is -2.36. The number of hydrazone groups is 1. The fourth-order valence-electron chi connectivity index (χ4n) is 1.94. The number of carbonyl (C=O) groups is 2. The molecule has 1 aliphatic rings. The van der Waals surface area contributed by atoms with Gasteiger partial charge in [0.25, 0.3) is 5.91 Å². The molecule has 2 amide bonds. The van der Waals surface area contributed by atoms with E-state index >= 15 is 0 Å². The number of amides is 2. The number of hydrogen-bond donors (Lipinski definition) is 2. The molecule has 0 atom stereocenters. The molecule has 0 unspecified atom stereocenters. The predicted octanol–water partition coefficient (Wildman–Crippen LogP) is 1.69. The maximum Gasteiger partial charge on any atom is 0.267 e. The second-order valence-electron chi connectivity index (χ2n) is 5.17. The largest absolute Gasteiger partial charge is 0.347 e. The molecule has 0 saturated carbocycles. The highest BCUT2D eigenvalue weighted by atomic mass is 16.2. The van der Waals surface area contributed by atoms with Crippen molar-refractivity contribution in [2.24, 2.45) is 5.10 Å². The lowest BCUT2D eigenvalue weighted by atomic mass is 10.0. The number of rotatable bonds is 4. The highest BCUT2D eigenvalue weighted by molar-refractivity contribution is 6.39. The second-order valence-corrected chi connectivity index (χ2v) is 5.17. The lowest BCUT2D eigenvalue weighted by Gasteiger charge is -2.12. The van der Waals surface area contributed by atoms with Crippen LogP contribution in [-0.2, 0) is 16.1 Å². The fourth-order valence-corrected chi connectivity index (χ4v) is 1.94. The third-order valence-electron chi connectivity index (χ3n) is 3.27. The molecule has 20 heavy (non-hydrogen) atoms. The van der Waals surface area contributed by atoms with E-state index in [1.807, 2.05) is 12.1 Å². The standard InChI is InChI=1S/C15H19N3O2/c1-10(2)12-5-3-11(4-6-12)9-16-15(20)13-7-8-14(19)18-17-13/h3-6,10H,7-9H2,1-2H3,(H,16,20)(H,18,19). The normalized spacial score (nSPS) is 14.8. The Kier molecular flexibility index (Phi) is 4.50. The van der Waals surface area contributed by atoms with Crippen molar-refractivity contribution in [3.8, 4) is 0 Å². The van der Waals surface area contributed by atoms with Gasteiger partial charge in [-0.3, -0.25) is 9.59 Å². The van der Waals surface area contributed by atoms with Crippen molar-refractivity contribution in [3.05, 3.63) is 35.4 Å². The van der Waals surface area contributed by atoms with Gasteiger partial charge >= 0.3 is 0 Å². The van der Waals surface area contributed by atoms with E-state index in [2.05, 4.69) is 41.8 Å². The number of nitrogens with one attached hydrogen (secondary N) is 2.